The number of hydrogen-bond acceptors (Lipinski definition) is 6. The number of carbonyl (C=O) groups is 3. The average molecular weight is 598 g/mol. The lowest BCUT2D eigenvalue weighted by molar-refractivity contribution is -0.127. The van der Waals surface area contributed by atoms with Gasteiger partial charge in [0.15, 0.2) is 11.5 Å². The molecule has 5 rings (SSSR count). The van der Waals surface area contributed by atoms with Crippen LogP contribution in [-0.4, -0.2) is 49.6 Å². The second kappa shape index (κ2) is 14.1. The first-order chi connectivity index (χ1) is 21.4. The maximum atomic E-state index is 14.5. The van der Waals surface area contributed by atoms with Gasteiger partial charge in [0.05, 0.1) is 32.8 Å². The minimum Gasteiger partial charge on any atom is -0.493 e. The molecular formula is C35H39N3O6. The molecule has 0 unspecified atom stereocenters. The summed E-state index contributed by atoms with van der Waals surface area (Å²) < 4.78 is 16.5. The van der Waals surface area contributed by atoms with Crippen molar-refractivity contribution in [2.75, 3.05) is 25.7 Å². The van der Waals surface area contributed by atoms with Crippen molar-refractivity contribution in [1.82, 2.24) is 10.3 Å². The van der Waals surface area contributed by atoms with Gasteiger partial charge in [-0.3, -0.25) is 14.5 Å². The van der Waals surface area contributed by atoms with Gasteiger partial charge in [-0.05, 0) is 61.7 Å². The van der Waals surface area contributed by atoms with E-state index in [0.29, 0.717) is 28.3 Å². The van der Waals surface area contributed by atoms with Gasteiger partial charge in [0.2, 0.25) is 11.8 Å². The minimum atomic E-state index is -1.09. The summed E-state index contributed by atoms with van der Waals surface area (Å²) >= 11 is 0. The highest BCUT2D eigenvalue weighted by molar-refractivity contribution is 6.04. The van der Waals surface area contributed by atoms with Gasteiger partial charge in [0, 0.05) is 34.4 Å². The summed E-state index contributed by atoms with van der Waals surface area (Å²) in [7, 11) is 3.05. The van der Waals surface area contributed by atoms with Crippen LogP contribution in [0.3, 0.4) is 0 Å². The van der Waals surface area contributed by atoms with E-state index in [2.05, 4.69) is 10.3 Å². The quantitative estimate of drug-likeness (QED) is 0.201. The molecule has 1 heterocycles. The smallest absolute Gasteiger partial charge is 0.338 e. The molecule has 2 N–H and O–H groups in total. The summed E-state index contributed by atoms with van der Waals surface area (Å²) in [5, 5.41) is 4.17. The van der Waals surface area contributed by atoms with Gasteiger partial charge in [-0.25, -0.2) is 4.79 Å². The predicted molar refractivity (Wildman–Crippen MR) is 169 cm³/mol. The number of methoxy groups -OCH3 is 2. The van der Waals surface area contributed by atoms with Crippen molar-refractivity contribution >= 4 is 34.4 Å². The van der Waals surface area contributed by atoms with Gasteiger partial charge in [-0.2, -0.15) is 0 Å². The lowest BCUT2D eigenvalue weighted by Crippen LogP contribution is -2.48. The summed E-state index contributed by atoms with van der Waals surface area (Å²) in [6.07, 6.45) is 6.84. The maximum absolute atomic E-state index is 14.5. The highest BCUT2D eigenvalue weighted by Gasteiger charge is 2.37. The lowest BCUT2D eigenvalue weighted by Gasteiger charge is -2.34. The largest absolute Gasteiger partial charge is 0.493 e. The third-order valence-corrected chi connectivity index (χ3v) is 8.13. The number of para-hydroxylation sites is 2. The Morgan fingerprint density at radius 3 is 2.39 bits per heavy atom. The number of nitrogens with zero attached hydrogens (tertiary/aromatic N) is 1. The van der Waals surface area contributed by atoms with E-state index in [9.17, 15) is 14.4 Å². The first-order valence-corrected chi connectivity index (χ1v) is 15.1. The molecule has 0 bridgehead atoms. The van der Waals surface area contributed by atoms with Gasteiger partial charge in [-0.1, -0.05) is 49.6 Å². The van der Waals surface area contributed by atoms with Crippen LogP contribution in [-0.2, 0) is 20.7 Å². The second-order valence-corrected chi connectivity index (χ2v) is 10.9. The number of rotatable bonds is 11. The molecule has 3 aromatic carbocycles. The zero-order valence-electron chi connectivity index (χ0n) is 25.4. The number of hydrogen-bond donors (Lipinski definition) is 2. The molecule has 1 saturated carbocycles. The Balaban J connectivity index is 1.63. The monoisotopic (exact) mass is 597 g/mol. The molecule has 1 aliphatic rings. The summed E-state index contributed by atoms with van der Waals surface area (Å²) in [4.78, 5) is 46.1. The summed E-state index contributed by atoms with van der Waals surface area (Å²) in [6, 6.07) is 18.6. The van der Waals surface area contributed by atoms with Gasteiger partial charge < -0.3 is 24.5 Å². The molecule has 1 aliphatic carbocycles. The standard InChI is InChI=1S/C35H39N3O6/c1-4-44-35(41)23-17-19-26(20-18-23)38(31(39)21-24-22-36-29-15-9-8-13-27(24)29)32(34(40)37-25-11-6-5-7-12-25)28-14-10-16-30(42-2)33(28)43-3/h8-10,13-20,22,25,32,36H,4-7,11-12,21H2,1-3H3,(H,37,40)/t32-/m1/s1. The minimum absolute atomic E-state index is 0.00659. The first kappa shape index (κ1) is 30.7. The number of esters is 1. The number of nitrogens with one attached hydrogen (secondary N) is 2. The lowest BCUT2D eigenvalue weighted by atomic mass is 9.94. The molecule has 0 radical (unpaired) electrons. The van der Waals surface area contributed by atoms with Crippen LogP contribution in [0.25, 0.3) is 10.9 Å². The number of ether oxygens (including phenoxy) is 3. The molecule has 1 atom stereocenters. The van der Waals surface area contributed by atoms with Gasteiger partial charge in [0.25, 0.3) is 0 Å². The van der Waals surface area contributed by atoms with Crippen molar-refractivity contribution in [2.45, 2.75) is 57.5 Å². The fourth-order valence-electron chi connectivity index (χ4n) is 5.99. The average Bonchev–Trinajstić information content (AvgIpc) is 3.46. The fraction of sp³-hybridized carbons (Fsp3) is 0.343. The molecule has 9 heteroatoms. The molecule has 1 aromatic heterocycles. The summed E-state index contributed by atoms with van der Waals surface area (Å²) in [5.74, 6) is -0.261. The zero-order valence-corrected chi connectivity index (χ0v) is 25.4. The molecule has 2 amide bonds. The Morgan fingerprint density at radius 2 is 1.68 bits per heavy atom. The topological polar surface area (TPSA) is 110 Å². The fourth-order valence-corrected chi connectivity index (χ4v) is 5.99. The van der Waals surface area contributed by atoms with Crippen LogP contribution in [0.2, 0.25) is 0 Å². The Bertz CT molecular complexity index is 1610. The normalized spacial score (nSPS) is 14.1. The maximum Gasteiger partial charge on any atom is 0.338 e. The number of fused-ring (bicyclic) bond motifs is 1. The van der Waals surface area contributed by atoms with Gasteiger partial charge >= 0.3 is 5.97 Å². The van der Waals surface area contributed by atoms with E-state index < -0.39 is 12.0 Å². The number of aromatic nitrogens is 1. The van der Waals surface area contributed by atoms with E-state index in [1.807, 2.05) is 30.5 Å². The van der Waals surface area contributed by atoms with Crippen molar-refractivity contribution in [3.63, 3.8) is 0 Å². The van der Waals surface area contributed by atoms with Crippen LogP contribution in [0, 0.1) is 0 Å². The third-order valence-electron chi connectivity index (χ3n) is 8.13. The molecule has 0 saturated heterocycles. The molecule has 4 aromatic rings. The summed E-state index contributed by atoms with van der Waals surface area (Å²) in [5.41, 5.74) is 3.02. The molecule has 9 nitrogen and oxygen atoms in total. The second-order valence-electron chi connectivity index (χ2n) is 10.9. The number of carbonyl (C=O) groups excluding carboxylic acids is 3. The van der Waals surface area contributed by atoms with E-state index in [1.165, 1.54) is 19.1 Å². The van der Waals surface area contributed by atoms with Crippen molar-refractivity contribution in [1.29, 1.82) is 0 Å². The van der Waals surface area contributed by atoms with E-state index >= 15 is 0 Å². The molecular weight excluding hydrogens is 558 g/mol. The predicted octanol–water partition coefficient (Wildman–Crippen LogP) is 6.13. The van der Waals surface area contributed by atoms with Crippen molar-refractivity contribution in [3.8, 4) is 11.5 Å². The number of anilines is 1. The van der Waals surface area contributed by atoms with Crippen molar-refractivity contribution in [3.05, 3.63) is 89.6 Å². The van der Waals surface area contributed by atoms with Crippen LogP contribution in [0.5, 0.6) is 11.5 Å². The van der Waals surface area contributed by atoms with E-state index in [0.717, 1.165) is 48.6 Å². The van der Waals surface area contributed by atoms with Crippen LogP contribution in [0.4, 0.5) is 5.69 Å². The van der Waals surface area contributed by atoms with Crippen LogP contribution in [0.1, 0.15) is 66.6 Å². The van der Waals surface area contributed by atoms with E-state index in [4.69, 9.17) is 14.2 Å². The van der Waals surface area contributed by atoms with Gasteiger partial charge in [0.1, 0.15) is 6.04 Å². The highest BCUT2D eigenvalue weighted by Crippen LogP contribution is 2.40. The number of benzene rings is 3. The molecule has 1 fully saturated rings. The SMILES string of the molecule is CCOC(=O)c1ccc(N(C(=O)Cc2c[nH]c3ccccc23)[C@@H](C(=O)NC2CCCCC2)c2cccc(OC)c2OC)cc1. The Labute approximate surface area is 257 Å². The van der Waals surface area contributed by atoms with Crippen molar-refractivity contribution in [2.24, 2.45) is 0 Å². The molecule has 44 heavy (non-hydrogen) atoms. The van der Waals surface area contributed by atoms with Gasteiger partial charge in [-0.15, -0.1) is 0 Å². The Morgan fingerprint density at radius 1 is 0.932 bits per heavy atom. The molecule has 230 valence electrons. The van der Waals surface area contributed by atoms with Crippen LogP contribution < -0.4 is 19.7 Å². The highest BCUT2D eigenvalue weighted by atomic mass is 16.5. The van der Waals surface area contributed by atoms with Crippen molar-refractivity contribution < 1.29 is 28.6 Å². The number of H-pyrrole nitrogens is 1. The zero-order chi connectivity index (χ0) is 31.1. The first-order valence-electron chi connectivity index (χ1n) is 15.1. The number of aromatic amines is 1. The summed E-state index contributed by atoms with van der Waals surface area (Å²) in [6.45, 7) is 1.99. The molecule has 0 spiro atoms. The van der Waals surface area contributed by atoms with E-state index in [-0.39, 0.29) is 30.9 Å². The Hall–Kier alpha value is -4.79. The van der Waals surface area contributed by atoms with Crippen LogP contribution in [0.15, 0.2) is 72.9 Å². The number of amides is 2. The molecule has 0 aliphatic heterocycles. The third kappa shape index (κ3) is 6.56. The van der Waals surface area contributed by atoms with Crippen LogP contribution >= 0.6 is 0 Å². The van der Waals surface area contributed by atoms with E-state index in [1.54, 1.807) is 49.4 Å². The Kier molecular flexibility index (Phi) is 9.84.